The summed E-state index contributed by atoms with van der Waals surface area (Å²) < 4.78 is 27.0. The monoisotopic (exact) mass is 267 g/mol. The third-order valence-electron chi connectivity index (χ3n) is 2.59. The van der Waals surface area contributed by atoms with Crippen LogP contribution in [-0.4, -0.2) is 33.3 Å². The van der Waals surface area contributed by atoms with Gasteiger partial charge in [0.1, 0.15) is 0 Å². The van der Waals surface area contributed by atoms with Gasteiger partial charge in [0.25, 0.3) is 0 Å². The molecule has 0 bridgehead atoms. The fraction of sp³-hybridized carbons (Fsp3) is 0.250. The smallest absolute Gasteiger partial charge is 0.337 e. The highest BCUT2D eigenvalue weighted by atomic mass is 32.2. The van der Waals surface area contributed by atoms with Crippen LogP contribution in [-0.2, 0) is 14.6 Å². The molecule has 1 aromatic rings. The molecule has 0 saturated carbocycles. The summed E-state index contributed by atoms with van der Waals surface area (Å²) in [7, 11) is -1.74. The van der Waals surface area contributed by atoms with E-state index in [0.717, 1.165) is 5.69 Å². The van der Waals surface area contributed by atoms with E-state index in [-0.39, 0.29) is 11.8 Å². The Kier molecular flexibility index (Phi) is 3.38. The molecule has 1 heterocycles. The topological polar surface area (TPSA) is 72.5 Å². The zero-order valence-corrected chi connectivity index (χ0v) is 10.6. The van der Waals surface area contributed by atoms with Gasteiger partial charge in [-0.25, -0.2) is 13.2 Å². The van der Waals surface area contributed by atoms with Gasteiger partial charge in [0, 0.05) is 11.1 Å². The van der Waals surface area contributed by atoms with Crippen molar-refractivity contribution >= 4 is 21.5 Å². The first kappa shape index (κ1) is 12.6. The predicted octanol–water partition coefficient (Wildman–Crippen LogP) is 1.20. The van der Waals surface area contributed by atoms with E-state index in [1.165, 1.54) is 12.5 Å². The lowest BCUT2D eigenvalue weighted by molar-refractivity contribution is 0.0601. The number of methoxy groups -OCH3 is 1. The Morgan fingerprint density at radius 1 is 1.33 bits per heavy atom. The Morgan fingerprint density at radius 3 is 2.50 bits per heavy atom. The lowest BCUT2D eigenvalue weighted by Gasteiger charge is -2.11. The van der Waals surface area contributed by atoms with Gasteiger partial charge in [-0.3, -0.25) is 0 Å². The molecule has 0 unspecified atom stereocenters. The number of hydrogen-bond acceptors (Lipinski definition) is 5. The largest absolute Gasteiger partial charge is 0.465 e. The minimum atomic E-state index is -3.06. The molecule has 0 radical (unpaired) electrons. The molecule has 1 aliphatic heterocycles. The van der Waals surface area contributed by atoms with Crippen LogP contribution in [0.15, 0.2) is 35.7 Å². The van der Waals surface area contributed by atoms with Gasteiger partial charge in [0.05, 0.1) is 24.5 Å². The maximum absolute atomic E-state index is 11.2. The minimum Gasteiger partial charge on any atom is -0.465 e. The van der Waals surface area contributed by atoms with E-state index in [9.17, 15) is 13.2 Å². The number of ether oxygens (including phenoxy) is 1. The van der Waals surface area contributed by atoms with E-state index in [0.29, 0.717) is 5.56 Å². The number of esters is 1. The molecular weight excluding hydrogens is 254 g/mol. The molecular formula is C12H13NO4S. The SMILES string of the molecule is COC(=O)c1ccc(N[C@@H]2C=CS(=O)(=O)C2)cc1. The van der Waals surface area contributed by atoms with Gasteiger partial charge in [0.15, 0.2) is 9.84 Å². The number of benzene rings is 1. The molecule has 5 nitrogen and oxygen atoms in total. The van der Waals surface area contributed by atoms with Crippen molar-refractivity contribution < 1.29 is 17.9 Å². The Bertz CT molecular complexity index is 575. The second-order valence-electron chi connectivity index (χ2n) is 3.98. The van der Waals surface area contributed by atoms with E-state index < -0.39 is 15.8 Å². The van der Waals surface area contributed by atoms with Crippen LogP contribution in [0.5, 0.6) is 0 Å². The zero-order chi connectivity index (χ0) is 13.2. The molecule has 96 valence electrons. The van der Waals surface area contributed by atoms with Crippen LogP contribution in [0.1, 0.15) is 10.4 Å². The number of sulfone groups is 1. The van der Waals surface area contributed by atoms with Gasteiger partial charge in [-0.15, -0.1) is 0 Å². The first-order valence-corrected chi connectivity index (χ1v) is 7.07. The predicted molar refractivity (Wildman–Crippen MR) is 68.1 cm³/mol. The molecule has 2 rings (SSSR count). The highest BCUT2D eigenvalue weighted by Crippen LogP contribution is 2.16. The second kappa shape index (κ2) is 4.81. The number of rotatable bonds is 3. The molecule has 18 heavy (non-hydrogen) atoms. The van der Waals surface area contributed by atoms with Crippen LogP contribution in [0, 0.1) is 0 Å². The summed E-state index contributed by atoms with van der Waals surface area (Å²) in [6.45, 7) is 0. The van der Waals surface area contributed by atoms with E-state index in [2.05, 4.69) is 10.1 Å². The minimum absolute atomic E-state index is 0.0613. The third-order valence-corrected chi connectivity index (χ3v) is 3.98. The van der Waals surface area contributed by atoms with Gasteiger partial charge in [-0.2, -0.15) is 0 Å². The van der Waals surface area contributed by atoms with Crippen LogP contribution in [0.2, 0.25) is 0 Å². The molecule has 0 aliphatic carbocycles. The summed E-state index contributed by atoms with van der Waals surface area (Å²) in [4.78, 5) is 11.2. The van der Waals surface area contributed by atoms with Gasteiger partial charge in [0.2, 0.25) is 0 Å². The van der Waals surface area contributed by atoms with Crippen molar-refractivity contribution in [2.24, 2.45) is 0 Å². The average molecular weight is 267 g/mol. The highest BCUT2D eigenvalue weighted by molar-refractivity contribution is 7.94. The first-order chi connectivity index (χ1) is 8.50. The molecule has 0 spiro atoms. The number of carbonyl (C=O) groups excluding carboxylic acids is 1. The van der Waals surface area contributed by atoms with E-state index in [4.69, 9.17) is 0 Å². The Labute approximate surface area is 105 Å². The fourth-order valence-electron chi connectivity index (χ4n) is 1.70. The maximum atomic E-state index is 11.2. The van der Waals surface area contributed by atoms with Gasteiger partial charge in [-0.1, -0.05) is 6.08 Å². The van der Waals surface area contributed by atoms with E-state index in [1.807, 2.05) is 0 Å². The standard InChI is InChI=1S/C12H13NO4S/c1-17-12(14)9-2-4-10(5-3-9)13-11-6-7-18(15,16)8-11/h2-7,11,13H,8H2,1H3/t11-/m1/s1. The summed E-state index contributed by atoms with van der Waals surface area (Å²) in [6, 6.07) is 6.46. The molecule has 0 fully saturated rings. The van der Waals surface area contributed by atoms with Crippen LogP contribution >= 0.6 is 0 Å². The molecule has 6 heteroatoms. The maximum Gasteiger partial charge on any atom is 0.337 e. The Balaban J connectivity index is 2.04. The normalized spacial score (nSPS) is 20.6. The molecule has 1 aromatic carbocycles. The molecule has 0 amide bonds. The zero-order valence-electron chi connectivity index (χ0n) is 9.79. The molecule has 1 N–H and O–H groups in total. The van der Waals surface area contributed by atoms with E-state index >= 15 is 0 Å². The molecule has 1 atom stereocenters. The van der Waals surface area contributed by atoms with Gasteiger partial charge >= 0.3 is 5.97 Å². The second-order valence-corrected chi connectivity index (χ2v) is 5.91. The Hall–Kier alpha value is -1.82. The van der Waals surface area contributed by atoms with Crippen LogP contribution < -0.4 is 5.32 Å². The van der Waals surface area contributed by atoms with Crippen LogP contribution in [0.25, 0.3) is 0 Å². The third kappa shape index (κ3) is 2.89. The van der Waals surface area contributed by atoms with Crippen molar-refractivity contribution in [3.8, 4) is 0 Å². The van der Waals surface area contributed by atoms with Gasteiger partial charge < -0.3 is 10.1 Å². The quantitative estimate of drug-likeness (QED) is 0.833. The van der Waals surface area contributed by atoms with Gasteiger partial charge in [-0.05, 0) is 24.3 Å². The number of hydrogen-bond donors (Lipinski definition) is 1. The van der Waals surface area contributed by atoms with E-state index in [1.54, 1.807) is 30.3 Å². The summed E-state index contributed by atoms with van der Waals surface area (Å²) in [6.07, 6.45) is 1.61. The van der Waals surface area contributed by atoms with Crippen molar-refractivity contribution in [3.05, 3.63) is 41.3 Å². The molecule has 0 aromatic heterocycles. The molecule has 0 saturated heterocycles. The number of anilines is 1. The Morgan fingerprint density at radius 2 is 2.00 bits per heavy atom. The summed E-state index contributed by atoms with van der Waals surface area (Å²) in [5, 5.41) is 4.28. The fourth-order valence-corrected chi connectivity index (χ4v) is 2.94. The van der Waals surface area contributed by atoms with Crippen LogP contribution in [0.3, 0.4) is 0 Å². The summed E-state index contributed by atoms with van der Waals surface area (Å²) >= 11 is 0. The summed E-state index contributed by atoms with van der Waals surface area (Å²) in [5.74, 6) is -0.337. The summed E-state index contributed by atoms with van der Waals surface area (Å²) in [5.41, 5.74) is 1.21. The number of carbonyl (C=O) groups is 1. The van der Waals surface area contributed by atoms with Crippen molar-refractivity contribution in [2.75, 3.05) is 18.2 Å². The van der Waals surface area contributed by atoms with Crippen molar-refractivity contribution in [1.82, 2.24) is 0 Å². The van der Waals surface area contributed by atoms with Crippen LogP contribution in [0.4, 0.5) is 5.69 Å². The average Bonchev–Trinajstić information content (AvgIpc) is 2.68. The number of nitrogens with one attached hydrogen (secondary N) is 1. The van der Waals surface area contributed by atoms with Crippen molar-refractivity contribution in [1.29, 1.82) is 0 Å². The molecule has 1 aliphatic rings. The van der Waals surface area contributed by atoms with Crippen molar-refractivity contribution in [3.63, 3.8) is 0 Å². The highest BCUT2D eigenvalue weighted by Gasteiger charge is 2.21. The van der Waals surface area contributed by atoms with Crippen molar-refractivity contribution in [2.45, 2.75) is 6.04 Å². The lowest BCUT2D eigenvalue weighted by Crippen LogP contribution is -2.20. The lowest BCUT2D eigenvalue weighted by atomic mass is 10.2. The first-order valence-electron chi connectivity index (χ1n) is 5.36.